The lowest BCUT2D eigenvalue weighted by molar-refractivity contribution is 0.792. The maximum Gasteiger partial charge on any atom is 0.108 e. The van der Waals surface area contributed by atoms with E-state index >= 15 is 0 Å². The second kappa shape index (κ2) is 2.59. The van der Waals surface area contributed by atoms with Crippen LogP contribution in [0.25, 0.3) is 0 Å². The minimum Gasteiger partial charge on any atom is -0.330 e. The predicted molar refractivity (Wildman–Crippen MR) is 54.4 cm³/mol. The quantitative estimate of drug-likeness (QED) is 0.583. The van der Waals surface area contributed by atoms with Crippen molar-refractivity contribution in [2.75, 3.05) is 18.0 Å². The van der Waals surface area contributed by atoms with E-state index in [1.54, 1.807) is 0 Å². The molecule has 1 aromatic rings. The fourth-order valence-electron chi connectivity index (χ4n) is 2.16. The zero-order chi connectivity index (χ0) is 8.67. The molecule has 0 spiro atoms. The van der Waals surface area contributed by atoms with Crippen molar-refractivity contribution in [3.63, 3.8) is 0 Å². The van der Waals surface area contributed by atoms with Crippen molar-refractivity contribution in [1.29, 1.82) is 0 Å². The highest BCUT2D eigenvalue weighted by Gasteiger charge is 2.25. The van der Waals surface area contributed by atoms with Gasteiger partial charge in [-0.15, -0.1) is 0 Å². The summed E-state index contributed by atoms with van der Waals surface area (Å²) in [6.45, 7) is 2.16. The Labute approximate surface area is 77.9 Å². The molecule has 0 N–H and O–H groups in total. The number of benzene rings is 1. The first-order chi connectivity index (χ1) is 6.45. The third kappa shape index (κ3) is 0.981. The summed E-state index contributed by atoms with van der Waals surface area (Å²) in [5.41, 5.74) is 2.81. The van der Waals surface area contributed by atoms with E-state index < -0.39 is 0 Å². The lowest BCUT2D eigenvalue weighted by atomic mass is 10.2. The van der Waals surface area contributed by atoms with Gasteiger partial charge in [0.15, 0.2) is 0 Å². The number of amidine groups is 1. The summed E-state index contributed by atoms with van der Waals surface area (Å²) in [5.74, 6) is 1.27. The van der Waals surface area contributed by atoms with Crippen molar-refractivity contribution in [1.82, 2.24) is 0 Å². The molecular formula is C11H12N2. The van der Waals surface area contributed by atoms with Gasteiger partial charge in [-0.3, -0.25) is 4.99 Å². The topological polar surface area (TPSA) is 15.6 Å². The van der Waals surface area contributed by atoms with Crippen LogP contribution in [0.1, 0.15) is 12.0 Å². The van der Waals surface area contributed by atoms with Crippen LogP contribution in [0.15, 0.2) is 29.3 Å². The molecule has 13 heavy (non-hydrogen) atoms. The molecule has 2 nitrogen and oxygen atoms in total. The van der Waals surface area contributed by atoms with Gasteiger partial charge in [-0.25, -0.2) is 0 Å². The summed E-state index contributed by atoms with van der Waals surface area (Å²) < 4.78 is 0. The fraction of sp³-hybridized carbons (Fsp3) is 0.364. The predicted octanol–water partition coefficient (Wildman–Crippen LogP) is 1.85. The van der Waals surface area contributed by atoms with Crippen molar-refractivity contribution in [3.8, 4) is 0 Å². The van der Waals surface area contributed by atoms with Crippen molar-refractivity contribution in [3.05, 3.63) is 29.8 Å². The Bertz CT molecular complexity index is 368. The van der Waals surface area contributed by atoms with Crippen LogP contribution in [0, 0.1) is 0 Å². The van der Waals surface area contributed by atoms with Gasteiger partial charge in [0.25, 0.3) is 0 Å². The highest BCUT2D eigenvalue weighted by Crippen LogP contribution is 2.30. The van der Waals surface area contributed by atoms with E-state index in [1.165, 1.54) is 23.5 Å². The third-order valence-corrected chi connectivity index (χ3v) is 2.78. The van der Waals surface area contributed by atoms with Gasteiger partial charge in [0.05, 0.1) is 0 Å². The maximum absolute atomic E-state index is 4.55. The van der Waals surface area contributed by atoms with Gasteiger partial charge < -0.3 is 4.90 Å². The standard InChI is InChI=1S/C11H12N2/c1-2-5-10-9(4-1)8-11-12-6-3-7-13(10)11/h1-2,4-5H,3,6-8H2. The Kier molecular flexibility index (Phi) is 1.42. The van der Waals surface area contributed by atoms with E-state index in [0.29, 0.717) is 0 Å². The molecule has 0 aromatic heterocycles. The summed E-state index contributed by atoms with van der Waals surface area (Å²) in [7, 11) is 0. The monoisotopic (exact) mass is 172 g/mol. The summed E-state index contributed by atoms with van der Waals surface area (Å²) in [6.07, 6.45) is 2.23. The van der Waals surface area contributed by atoms with E-state index in [-0.39, 0.29) is 0 Å². The lowest BCUT2D eigenvalue weighted by Crippen LogP contribution is -2.32. The maximum atomic E-state index is 4.55. The summed E-state index contributed by atoms with van der Waals surface area (Å²) >= 11 is 0. The number of hydrogen-bond donors (Lipinski definition) is 0. The Morgan fingerprint density at radius 1 is 1.23 bits per heavy atom. The Morgan fingerprint density at radius 2 is 2.15 bits per heavy atom. The second-order valence-electron chi connectivity index (χ2n) is 3.61. The number of rotatable bonds is 0. The van der Waals surface area contributed by atoms with E-state index in [1.807, 2.05) is 0 Å². The first kappa shape index (κ1) is 7.13. The molecule has 0 fully saturated rings. The van der Waals surface area contributed by atoms with Crippen LogP contribution in [-0.2, 0) is 6.42 Å². The Morgan fingerprint density at radius 3 is 3.15 bits per heavy atom. The van der Waals surface area contributed by atoms with Crippen molar-refractivity contribution in [2.45, 2.75) is 12.8 Å². The Balaban J connectivity index is 2.12. The van der Waals surface area contributed by atoms with Crippen LogP contribution in [0.2, 0.25) is 0 Å². The number of anilines is 1. The van der Waals surface area contributed by atoms with Gasteiger partial charge in [0, 0.05) is 25.2 Å². The molecule has 0 unspecified atom stereocenters. The normalized spacial score (nSPS) is 19.4. The van der Waals surface area contributed by atoms with Gasteiger partial charge in [-0.2, -0.15) is 0 Å². The third-order valence-electron chi connectivity index (χ3n) is 2.78. The molecule has 0 saturated heterocycles. The van der Waals surface area contributed by atoms with Gasteiger partial charge in [-0.05, 0) is 18.1 Å². The second-order valence-corrected chi connectivity index (χ2v) is 3.61. The SMILES string of the molecule is c1ccc2c(c1)CC1=NCCCN12. The molecule has 0 radical (unpaired) electrons. The molecule has 2 aliphatic rings. The molecule has 66 valence electrons. The van der Waals surface area contributed by atoms with Crippen LogP contribution in [0.4, 0.5) is 5.69 Å². The molecular weight excluding hydrogens is 160 g/mol. The van der Waals surface area contributed by atoms with Gasteiger partial charge >= 0.3 is 0 Å². The lowest BCUT2D eigenvalue weighted by Gasteiger charge is -2.23. The fourth-order valence-corrected chi connectivity index (χ4v) is 2.16. The number of para-hydroxylation sites is 1. The average molecular weight is 172 g/mol. The number of aliphatic imine (C=N–C) groups is 1. The summed E-state index contributed by atoms with van der Waals surface area (Å²) in [5, 5.41) is 0. The van der Waals surface area contributed by atoms with E-state index in [2.05, 4.69) is 34.2 Å². The number of fused-ring (bicyclic) bond motifs is 3. The molecule has 3 rings (SSSR count). The molecule has 2 aliphatic heterocycles. The largest absolute Gasteiger partial charge is 0.330 e. The summed E-state index contributed by atoms with van der Waals surface area (Å²) in [6, 6.07) is 8.62. The van der Waals surface area contributed by atoms with Crippen LogP contribution < -0.4 is 4.90 Å². The van der Waals surface area contributed by atoms with Crippen molar-refractivity contribution >= 4 is 11.5 Å². The minimum absolute atomic E-state index is 1.01. The Hall–Kier alpha value is -1.31. The zero-order valence-corrected chi connectivity index (χ0v) is 7.53. The average Bonchev–Trinajstić information content (AvgIpc) is 2.56. The molecule has 0 aliphatic carbocycles. The first-order valence-corrected chi connectivity index (χ1v) is 4.84. The van der Waals surface area contributed by atoms with Crippen LogP contribution in [-0.4, -0.2) is 18.9 Å². The molecule has 0 saturated carbocycles. The van der Waals surface area contributed by atoms with Crippen LogP contribution in [0.5, 0.6) is 0 Å². The summed E-state index contributed by atoms with van der Waals surface area (Å²) in [4.78, 5) is 6.91. The number of hydrogen-bond acceptors (Lipinski definition) is 2. The van der Waals surface area contributed by atoms with E-state index in [0.717, 1.165) is 19.5 Å². The van der Waals surface area contributed by atoms with Crippen molar-refractivity contribution in [2.24, 2.45) is 4.99 Å². The molecule has 2 heterocycles. The molecule has 2 heteroatoms. The highest BCUT2D eigenvalue weighted by molar-refractivity contribution is 6.05. The highest BCUT2D eigenvalue weighted by atomic mass is 15.2. The van der Waals surface area contributed by atoms with E-state index in [9.17, 15) is 0 Å². The minimum atomic E-state index is 1.01. The van der Waals surface area contributed by atoms with Gasteiger partial charge in [0.1, 0.15) is 5.84 Å². The van der Waals surface area contributed by atoms with Gasteiger partial charge in [-0.1, -0.05) is 18.2 Å². The number of nitrogens with zero attached hydrogens (tertiary/aromatic N) is 2. The van der Waals surface area contributed by atoms with Crippen molar-refractivity contribution < 1.29 is 0 Å². The van der Waals surface area contributed by atoms with E-state index in [4.69, 9.17) is 0 Å². The smallest absolute Gasteiger partial charge is 0.108 e. The van der Waals surface area contributed by atoms with Gasteiger partial charge in [0.2, 0.25) is 0 Å². The van der Waals surface area contributed by atoms with Crippen LogP contribution >= 0.6 is 0 Å². The molecule has 0 bridgehead atoms. The van der Waals surface area contributed by atoms with Crippen LogP contribution in [0.3, 0.4) is 0 Å². The zero-order valence-electron chi connectivity index (χ0n) is 7.53. The molecule has 0 atom stereocenters. The first-order valence-electron chi connectivity index (χ1n) is 4.84. The molecule has 0 amide bonds. The molecule has 1 aromatic carbocycles.